The minimum Gasteiger partial charge on any atom is -0.396 e. The molecule has 0 aliphatic carbocycles. The van der Waals surface area contributed by atoms with E-state index in [9.17, 15) is 4.79 Å². The first-order chi connectivity index (χ1) is 9.54. The van der Waals surface area contributed by atoms with Crippen LogP contribution in [0.4, 0.5) is 0 Å². The molecule has 0 saturated heterocycles. The third-order valence-corrected chi connectivity index (χ3v) is 3.41. The number of thiocarbonyl (C=S) groups is 1. The Morgan fingerprint density at radius 2 is 1.90 bits per heavy atom. The number of benzene rings is 1. The van der Waals surface area contributed by atoms with E-state index >= 15 is 0 Å². The number of aliphatic hydroxyl groups excluding tert-OH is 1. The number of carbonyl (C=O) groups is 1. The Kier molecular flexibility index (Phi) is 7.18. The van der Waals surface area contributed by atoms with Crippen LogP contribution < -0.4 is 5.73 Å². The smallest absolute Gasteiger partial charge is 0.226 e. The molecule has 20 heavy (non-hydrogen) atoms. The van der Waals surface area contributed by atoms with Crippen molar-refractivity contribution >= 4 is 23.1 Å². The van der Waals surface area contributed by atoms with Crippen LogP contribution in [0.2, 0.25) is 0 Å². The van der Waals surface area contributed by atoms with Gasteiger partial charge in [-0.3, -0.25) is 4.79 Å². The Morgan fingerprint density at radius 3 is 2.45 bits per heavy atom. The van der Waals surface area contributed by atoms with E-state index in [1.165, 1.54) is 0 Å². The first-order valence-electron chi connectivity index (χ1n) is 6.78. The maximum Gasteiger partial charge on any atom is 0.226 e. The second-order valence-corrected chi connectivity index (χ2v) is 5.28. The summed E-state index contributed by atoms with van der Waals surface area (Å²) < 4.78 is 0. The molecular formula is C15H22N2O2S. The van der Waals surface area contributed by atoms with Gasteiger partial charge in [0, 0.05) is 25.8 Å². The highest BCUT2D eigenvalue weighted by Crippen LogP contribution is 2.07. The van der Waals surface area contributed by atoms with Crippen LogP contribution in [0.3, 0.4) is 0 Å². The van der Waals surface area contributed by atoms with E-state index in [2.05, 4.69) is 0 Å². The molecule has 0 aromatic heterocycles. The fourth-order valence-electron chi connectivity index (χ4n) is 1.86. The highest BCUT2D eigenvalue weighted by atomic mass is 32.1. The Balaban J connectivity index is 2.42. The maximum absolute atomic E-state index is 12.0. The number of carbonyl (C=O) groups excluding carboxylic acids is 1. The maximum atomic E-state index is 12.0. The van der Waals surface area contributed by atoms with E-state index in [1.807, 2.05) is 31.3 Å². The summed E-state index contributed by atoms with van der Waals surface area (Å²) >= 11 is 4.89. The van der Waals surface area contributed by atoms with Gasteiger partial charge in [-0.2, -0.15) is 0 Å². The Hall–Kier alpha value is -1.46. The van der Waals surface area contributed by atoms with Crippen molar-refractivity contribution < 1.29 is 9.90 Å². The molecule has 1 rings (SSSR count). The van der Waals surface area contributed by atoms with Crippen molar-refractivity contribution in [1.82, 2.24) is 4.90 Å². The van der Waals surface area contributed by atoms with Crippen molar-refractivity contribution in [2.75, 3.05) is 20.2 Å². The number of nitrogens with two attached hydrogens (primary N) is 1. The number of nitrogens with zero attached hydrogens (tertiary/aromatic N) is 1. The highest BCUT2D eigenvalue weighted by molar-refractivity contribution is 7.80. The minimum absolute atomic E-state index is 0.0945. The van der Waals surface area contributed by atoms with Crippen molar-refractivity contribution in [1.29, 1.82) is 0 Å². The number of amides is 1. The average molecular weight is 294 g/mol. The standard InChI is InChI=1S/C15H22N2O2S/c1-17(9-3-2-4-10-18)14(19)11-12-5-7-13(8-6-12)15(16)20/h5-8,18H,2-4,9-11H2,1H3,(H2,16,20). The molecule has 110 valence electrons. The van der Waals surface area contributed by atoms with Crippen molar-refractivity contribution in [3.8, 4) is 0 Å². The summed E-state index contributed by atoms with van der Waals surface area (Å²) in [4.78, 5) is 14.1. The Morgan fingerprint density at radius 1 is 1.25 bits per heavy atom. The van der Waals surface area contributed by atoms with E-state index in [0.29, 0.717) is 11.4 Å². The zero-order valence-corrected chi connectivity index (χ0v) is 12.7. The van der Waals surface area contributed by atoms with Crippen LogP contribution in [0.5, 0.6) is 0 Å². The van der Waals surface area contributed by atoms with E-state index in [1.54, 1.807) is 4.90 Å². The topological polar surface area (TPSA) is 66.6 Å². The third-order valence-electron chi connectivity index (χ3n) is 3.17. The first-order valence-corrected chi connectivity index (χ1v) is 7.19. The lowest BCUT2D eigenvalue weighted by Crippen LogP contribution is -2.29. The van der Waals surface area contributed by atoms with Gasteiger partial charge >= 0.3 is 0 Å². The molecule has 5 heteroatoms. The number of hydrogen-bond acceptors (Lipinski definition) is 3. The number of aliphatic hydroxyl groups is 1. The molecule has 0 heterocycles. The molecular weight excluding hydrogens is 272 g/mol. The summed E-state index contributed by atoms with van der Waals surface area (Å²) in [5.74, 6) is 0.0945. The van der Waals surface area contributed by atoms with Crippen LogP contribution >= 0.6 is 12.2 Å². The SMILES string of the molecule is CN(CCCCCO)C(=O)Cc1ccc(C(N)=S)cc1. The molecule has 1 amide bonds. The summed E-state index contributed by atoms with van der Waals surface area (Å²) in [6.45, 7) is 0.941. The number of unbranched alkanes of at least 4 members (excludes halogenated alkanes) is 2. The average Bonchev–Trinajstić information content (AvgIpc) is 2.44. The fourth-order valence-corrected chi connectivity index (χ4v) is 1.99. The first kappa shape index (κ1) is 16.6. The van der Waals surface area contributed by atoms with Gasteiger partial charge in [-0.05, 0) is 24.8 Å². The molecule has 0 fully saturated rings. The van der Waals surface area contributed by atoms with Crippen molar-refractivity contribution in [3.63, 3.8) is 0 Å². The highest BCUT2D eigenvalue weighted by Gasteiger charge is 2.09. The van der Waals surface area contributed by atoms with Gasteiger partial charge in [0.1, 0.15) is 4.99 Å². The Labute approximate surface area is 125 Å². The van der Waals surface area contributed by atoms with Crippen LogP contribution in [0.25, 0.3) is 0 Å². The van der Waals surface area contributed by atoms with E-state index in [4.69, 9.17) is 23.1 Å². The van der Waals surface area contributed by atoms with Gasteiger partial charge < -0.3 is 15.7 Å². The van der Waals surface area contributed by atoms with Gasteiger partial charge in [-0.1, -0.05) is 36.5 Å². The van der Waals surface area contributed by atoms with Crippen LogP contribution in [-0.2, 0) is 11.2 Å². The van der Waals surface area contributed by atoms with E-state index in [-0.39, 0.29) is 12.5 Å². The third kappa shape index (κ3) is 5.67. The van der Waals surface area contributed by atoms with Gasteiger partial charge in [0.2, 0.25) is 5.91 Å². The van der Waals surface area contributed by atoms with E-state index in [0.717, 1.165) is 36.9 Å². The summed E-state index contributed by atoms with van der Waals surface area (Å²) in [7, 11) is 1.81. The van der Waals surface area contributed by atoms with Crippen LogP contribution in [0.1, 0.15) is 30.4 Å². The predicted molar refractivity (Wildman–Crippen MR) is 84.6 cm³/mol. The molecule has 0 aliphatic rings. The predicted octanol–water partition coefficient (Wildman–Crippen LogP) is 1.48. The molecule has 0 bridgehead atoms. The van der Waals surface area contributed by atoms with Crippen LogP contribution in [0.15, 0.2) is 24.3 Å². The van der Waals surface area contributed by atoms with Gasteiger partial charge in [-0.25, -0.2) is 0 Å². The van der Waals surface area contributed by atoms with Crippen molar-refractivity contribution in [2.24, 2.45) is 5.73 Å². The summed E-state index contributed by atoms with van der Waals surface area (Å²) in [5.41, 5.74) is 7.30. The second kappa shape index (κ2) is 8.66. The molecule has 1 aromatic rings. The monoisotopic (exact) mass is 294 g/mol. The van der Waals surface area contributed by atoms with Gasteiger partial charge in [0.15, 0.2) is 0 Å². The minimum atomic E-state index is 0.0945. The number of hydrogen-bond donors (Lipinski definition) is 2. The van der Waals surface area contributed by atoms with Gasteiger partial charge in [0.05, 0.1) is 6.42 Å². The Bertz CT molecular complexity index is 446. The van der Waals surface area contributed by atoms with Crippen LogP contribution in [0, 0.1) is 0 Å². The largest absolute Gasteiger partial charge is 0.396 e. The molecule has 4 nitrogen and oxygen atoms in total. The summed E-state index contributed by atoms with van der Waals surface area (Å²) in [6.07, 6.45) is 3.04. The van der Waals surface area contributed by atoms with E-state index < -0.39 is 0 Å². The van der Waals surface area contributed by atoms with Gasteiger partial charge in [0.25, 0.3) is 0 Å². The lowest BCUT2D eigenvalue weighted by atomic mass is 10.1. The lowest BCUT2D eigenvalue weighted by molar-refractivity contribution is -0.129. The summed E-state index contributed by atoms with van der Waals surface area (Å²) in [6, 6.07) is 7.44. The number of likely N-dealkylation sites (N-methyl/N-ethyl adjacent to an activating group) is 1. The molecule has 0 saturated carbocycles. The lowest BCUT2D eigenvalue weighted by Gasteiger charge is -2.17. The molecule has 1 aromatic carbocycles. The molecule has 0 radical (unpaired) electrons. The van der Waals surface area contributed by atoms with Crippen molar-refractivity contribution in [2.45, 2.75) is 25.7 Å². The second-order valence-electron chi connectivity index (χ2n) is 4.84. The van der Waals surface area contributed by atoms with Gasteiger partial charge in [-0.15, -0.1) is 0 Å². The zero-order valence-electron chi connectivity index (χ0n) is 11.8. The fraction of sp³-hybridized carbons (Fsp3) is 0.467. The zero-order chi connectivity index (χ0) is 15.0. The molecule has 0 atom stereocenters. The quantitative estimate of drug-likeness (QED) is 0.563. The number of rotatable bonds is 8. The summed E-state index contributed by atoms with van der Waals surface area (Å²) in [5, 5.41) is 8.70. The normalized spacial score (nSPS) is 10.3. The van der Waals surface area contributed by atoms with Crippen LogP contribution in [-0.4, -0.2) is 41.1 Å². The molecule has 0 aliphatic heterocycles. The van der Waals surface area contributed by atoms with Crippen molar-refractivity contribution in [3.05, 3.63) is 35.4 Å². The molecule has 0 unspecified atom stereocenters. The molecule has 3 N–H and O–H groups in total. The molecule has 0 spiro atoms.